The van der Waals surface area contributed by atoms with Crippen LogP contribution in [0.25, 0.3) is 0 Å². The molecule has 0 saturated heterocycles. The third-order valence-corrected chi connectivity index (χ3v) is 3.25. The van der Waals surface area contributed by atoms with E-state index in [4.69, 9.17) is 9.84 Å². The number of aliphatic carboxylic acids is 1. The van der Waals surface area contributed by atoms with Crippen molar-refractivity contribution in [3.63, 3.8) is 0 Å². The Balaban J connectivity index is 2.48. The molecule has 0 saturated carbocycles. The van der Waals surface area contributed by atoms with Gasteiger partial charge in [-0.3, -0.25) is 4.79 Å². The SMILES string of the molecule is CCOCC(NCc1ccc(CC(=O)O)cc1)C(C)C. The minimum atomic E-state index is -0.799. The Morgan fingerprint density at radius 2 is 1.85 bits per heavy atom. The second kappa shape index (κ2) is 8.72. The molecule has 1 unspecified atom stereocenters. The number of ether oxygens (including phenoxy) is 1. The van der Waals surface area contributed by atoms with Crippen molar-refractivity contribution in [3.8, 4) is 0 Å². The van der Waals surface area contributed by atoms with Crippen LogP contribution < -0.4 is 5.32 Å². The third-order valence-electron chi connectivity index (χ3n) is 3.25. The van der Waals surface area contributed by atoms with Crippen LogP contribution in [-0.2, 0) is 22.5 Å². The van der Waals surface area contributed by atoms with Crippen LogP contribution in [0.15, 0.2) is 24.3 Å². The van der Waals surface area contributed by atoms with E-state index in [9.17, 15) is 4.79 Å². The molecule has 4 heteroatoms. The van der Waals surface area contributed by atoms with Crippen molar-refractivity contribution in [2.75, 3.05) is 13.2 Å². The average Bonchev–Trinajstić information content (AvgIpc) is 2.39. The number of carbonyl (C=O) groups is 1. The lowest BCUT2D eigenvalue weighted by Gasteiger charge is -2.22. The number of carboxylic acid groups (broad SMARTS) is 1. The summed E-state index contributed by atoms with van der Waals surface area (Å²) >= 11 is 0. The summed E-state index contributed by atoms with van der Waals surface area (Å²) in [5.74, 6) is -0.291. The van der Waals surface area contributed by atoms with Gasteiger partial charge in [0.2, 0.25) is 0 Å². The molecule has 1 aromatic carbocycles. The molecule has 0 aliphatic rings. The highest BCUT2D eigenvalue weighted by atomic mass is 16.5. The van der Waals surface area contributed by atoms with Gasteiger partial charge in [-0.15, -0.1) is 0 Å². The second-order valence-corrected chi connectivity index (χ2v) is 5.28. The smallest absolute Gasteiger partial charge is 0.307 e. The molecule has 20 heavy (non-hydrogen) atoms. The minimum Gasteiger partial charge on any atom is -0.481 e. The number of rotatable bonds is 9. The van der Waals surface area contributed by atoms with E-state index in [-0.39, 0.29) is 6.42 Å². The van der Waals surface area contributed by atoms with Gasteiger partial charge in [0.1, 0.15) is 0 Å². The maximum absolute atomic E-state index is 10.6. The molecule has 2 N–H and O–H groups in total. The van der Waals surface area contributed by atoms with Crippen molar-refractivity contribution >= 4 is 5.97 Å². The van der Waals surface area contributed by atoms with Crippen LogP contribution in [0.1, 0.15) is 31.9 Å². The van der Waals surface area contributed by atoms with Gasteiger partial charge in [0, 0.05) is 19.2 Å². The van der Waals surface area contributed by atoms with E-state index >= 15 is 0 Å². The van der Waals surface area contributed by atoms with Gasteiger partial charge in [0.05, 0.1) is 13.0 Å². The predicted octanol–water partition coefficient (Wildman–Crippen LogP) is 2.46. The van der Waals surface area contributed by atoms with Crippen molar-refractivity contribution in [1.82, 2.24) is 5.32 Å². The summed E-state index contributed by atoms with van der Waals surface area (Å²) in [6, 6.07) is 8.02. The lowest BCUT2D eigenvalue weighted by molar-refractivity contribution is -0.136. The average molecular weight is 279 g/mol. The Kier molecular flexibility index (Phi) is 7.26. The van der Waals surface area contributed by atoms with Gasteiger partial charge in [-0.25, -0.2) is 0 Å². The van der Waals surface area contributed by atoms with Crippen LogP contribution >= 0.6 is 0 Å². The minimum absolute atomic E-state index is 0.0761. The quantitative estimate of drug-likeness (QED) is 0.729. The molecule has 0 aromatic heterocycles. The molecule has 0 radical (unpaired) electrons. The normalized spacial score (nSPS) is 12.6. The molecular formula is C16H25NO3. The van der Waals surface area contributed by atoms with Crippen molar-refractivity contribution in [1.29, 1.82) is 0 Å². The fraction of sp³-hybridized carbons (Fsp3) is 0.562. The number of nitrogens with one attached hydrogen (secondary N) is 1. The fourth-order valence-electron chi connectivity index (χ4n) is 1.93. The van der Waals surface area contributed by atoms with E-state index in [1.807, 2.05) is 31.2 Å². The Morgan fingerprint density at radius 1 is 1.25 bits per heavy atom. The first kappa shape index (κ1) is 16.7. The first-order valence-electron chi connectivity index (χ1n) is 7.13. The summed E-state index contributed by atoms with van der Waals surface area (Å²) in [7, 11) is 0. The zero-order valence-corrected chi connectivity index (χ0v) is 12.6. The van der Waals surface area contributed by atoms with E-state index in [1.54, 1.807) is 0 Å². The summed E-state index contributed by atoms with van der Waals surface area (Å²) in [5, 5.41) is 12.2. The molecule has 0 heterocycles. The topological polar surface area (TPSA) is 58.6 Å². The molecule has 0 fully saturated rings. The summed E-state index contributed by atoms with van der Waals surface area (Å²) in [4.78, 5) is 10.6. The third kappa shape index (κ3) is 6.17. The van der Waals surface area contributed by atoms with Crippen LogP contribution in [0, 0.1) is 5.92 Å². The predicted molar refractivity (Wildman–Crippen MR) is 79.7 cm³/mol. The molecule has 112 valence electrons. The van der Waals surface area contributed by atoms with E-state index in [2.05, 4.69) is 19.2 Å². The second-order valence-electron chi connectivity index (χ2n) is 5.28. The monoisotopic (exact) mass is 279 g/mol. The van der Waals surface area contributed by atoms with Crippen LogP contribution in [0.3, 0.4) is 0 Å². The van der Waals surface area contributed by atoms with Crippen molar-refractivity contribution in [2.24, 2.45) is 5.92 Å². The van der Waals surface area contributed by atoms with Crippen LogP contribution in [0.4, 0.5) is 0 Å². The Bertz CT molecular complexity index is 401. The molecule has 0 aliphatic carbocycles. The summed E-state index contributed by atoms with van der Waals surface area (Å²) in [6.07, 6.45) is 0.0761. The number of hydrogen-bond donors (Lipinski definition) is 2. The van der Waals surface area contributed by atoms with Crippen molar-refractivity contribution in [3.05, 3.63) is 35.4 Å². The Morgan fingerprint density at radius 3 is 2.35 bits per heavy atom. The van der Waals surface area contributed by atoms with Gasteiger partial charge in [-0.05, 0) is 24.0 Å². The maximum atomic E-state index is 10.6. The van der Waals surface area contributed by atoms with Gasteiger partial charge in [0.15, 0.2) is 0 Å². The fourth-order valence-corrected chi connectivity index (χ4v) is 1.93. The largest absolute Gasteiger partial charge is 0.481 e. The molecule has 4 nitrogen and oxygen atoms in total. The van der Waals surface area contributed by atoms with Gasteiger partial charge < -0.3 is 15.2 Å². The van der Waals surface area contributed by atoms with Crippen LogP contribution in [0.2, 0.25) is 0 Å². The summed E-state index contributed by atoms with van der Waals surface area (Å²) < 4.78 is 5.48. The van der Waals surface area contributed by atoms with Crippen molar-refractivity contribution < 1.29 is 14.6 Å². The molecule has 0 spiro atoms. The number of hydrogen-bond acceptors (Lipinski definition) is 3. The van der Waals surface area contributed by atoms with Crippen molar-refractivity contribution in [2.45, 2.75) is 39.8 Å². The maximum Gasteiger partial charge on any atom is 0.307 e. The van der Waals surface area contributed by atoms with E-state index < -0.39 is 5.97 Å². The highest BCUT2D eigenvalue weighted by molar-refractivity contribution is 5.70. The zero-order valence-electron chi connectivity index (χ0n) is 12.6. The molecule has 0 aliphatic heterocycles. The van der Waals surface area contributed by atoms with Gasteiger partial charge in [0.25, 0.3) is 0 Å². The molecule has 1 aromatic rings. The Labute approximate surface area is 121 Å². The standard InChI is InChI=1S/C16H25NO3/c1-4-20-11-15(12(2)3)17-10-14-7-5-13(6-8-14)9-16(18)19/h5-8,12,15,17H,4,9-11H2,1-3H3,(H,18,19). The molecule has 0 bridgehead atoms. The summed E-state index contributed by atoms with van der Waals surface area (Å²) in [6.45, 7) is 8.56. The van der Waals surface area contributed by atoms with Crippen LogP contribution in [-0.4, -0.2) is 30.3 Å². The van der Waals surface area contributed by atoms with Gasteiger partial charge >= 0.3 is 5.97 Å². The molecular weight excluding hydrogens is 254 g/mol. The summed E-state index contributed by atoms with van der Waals surface area (Å²) in [5.41, 5.74) is 1.98. The molecule has 1 atom stereocenters. The Hall–Kier alpha value is -1.39. The van der Waals surface area contributed by atoms with E-state index in [0.717, 1.165) is 24.3 Å². The highest BCUT2D eigenvalue weighted by Gasteiger charge is 2.12. The van der Waals surface area contributed by atoms with Gasteiger partial charge in [-0.2, -0.15) is 0 Å². The number of carboxylic acids is 1. The zero-order chi connectivity index (χ0) is 15.0. The molecule has 0 amide bonds. The number of benzene rings is 1. The lowest BCUT2D eigenvalue weighted by Crippen LogP contribution is -2.37. The first-order chi connectivity index (χ1) is 9.52. The first-order valence-corrected chi connectivity index (χ1v) is 7.13. The van der Waals surface area contributed by atoms with E-state index in [0.29, 0.717) is 18.6 Å². The lowest BCUT2D eigenvalue weighted by atomic mass is 10.0. The molecule has 1 rings (SSSR count). The van der Waals surface area contributed by atoms with E-state index in [1.165, 1.54) is 0 Å². The van der Waals surface area contributed by atoms with Crippen LogP contribution in [0.5, 0.6) is 0 Å². The highest BCUT2D eigenvalue weighted by Crippen LogP contribution is 2.08. The van der Waals surface area contributed by atoms with Gasteiger partial charge in [-0.1, -0.05) is 38.1 Å².